The van der Waals surface area contributed by atoms with Gasteiger partial charge < -0.3 is 10.2 Å². The number of carbonyl (C=O) groups excluding carboxylic acids is 1. The Morgan fingerprint density at radius 2 is 1.80 bits per heavy atom. The van der Waals surface area contributed by atoms with Crippen LogP contribution in [0.4, 0.5) is 0 Å². The van der Waals surface area contributed by atoms with Gasteiger partial charge in [0.2, 0.25) is 5.91 Å². The summed E-state index contributed by atoms with van der Waals surface area (Å²) in [5.74, 6) is -0.479. The highest BCUT2D eigenvalue weighted by molar-refractivity contribution is 5.94. The Kier molecular flexibility index (Phi) is 2.84. The number of nitrogens with two attached hydrogens (primary N) is 1. The molecule has 2 N–H and O–H groups in total. The SMILES string of the molecule is NC(=O)c1cccc(-c2ccc3occc(=O)c3c2)c1. The zero-order chi connectivity index (χ0) is 14.1. The van der Waals surface area contributed by atoms with Crippen molar-refractivity contribution in [3.63, 3.8) is 0 Å². The summed E-state index contributed by atoms with van der Waals surface area (Å²) in [6.07, 6.45) is 1.37. The van der Waals surface area contributed by atoms with Gasteiger partial charge in [-0.25, -0.2) is 0 Å². The zero-order valence-electron chi connectivity index (χ0n) is 10.5. The van der Waals surface area contributed by atoms with E-state index in [0.717, 1.165) is 11.1 Å². The molecule has 0 aliphatic carbocycles. The summed E-state index contributed by atoms with van der Waals surface area (Å²) < 4.78 is 5.27. The summed E-state index contributed by atoms with van der Waals surface area (Å²) >= 11 is 0. The van der Waals surface area contributed by atoms with Gasteiger partial charge in [0, 0.05) is 11.6 Å². The van der Waals surface area contributed by atoms with Gasteiger partial charge >= 0.3 is 0 Å². The van der Waals surface area contributed by atoms with Gasteiger partial charge in [-0.15, -0.1) is 0 Å². The van der Waals surface area contributed by atoms with Crippen LogP contribution in [0.5, 0.6) is 0 Å². The number of rotatable bonds is 2. The highest BCUT2D eigenvalue weighted by atomic mass is 16.3. The first-order chi connectivity index (χ1) is 9.65. The maximum Gasteiger partial charge on any atom is 0.248 e. The topological polar surface area (TPSA) is 73.3 Å². The van der Waals surface area contributed by atoms with Crippen LogP contribution < -0.4 is 11.2 Å². The fourth-order valence-electron chi connectivity index (χ4n) is 2.12. The quantitative estimate of drug-likeness (QED) is 0.773. The molecule has 0 saturated heterocycles. The minimum atomic E-state index is -0.479. The molecule has 0 spiro atoms. The summed E-state index contributed by atoms with van der Waals surface area (Å²) in [7, 11) is 0. The second-order valence-corrected chi connectivity index (χ2v) is 4.44. The van der Waals surface area contributed by atoms with Crippen molar-refractivity contribution < 1.29 is 9.21 Å². The van der Waals surface area contributed by atoms with E-state index >= 15 is 0 Å². The van der Waals surface area contributed by atoms with Crippen molar-refractivity contribution >= 4 is 16.9 Å². The van der Waals surface area contributed by atoms with Crippen LogP contribution >= 0.6 is 0 Å². The average Bonchev–Trinajstić information content (AvgIpc) is 2.47. The fraction of sp³-hybridized carbons (Fsp3) is 0. The molecule has 1 heterocycles. The molecule has 0 radical (unpaired) electrons. The van der Waals surface area contributed by atoms with Crippen molar-refractivity contribution in [1.29, 1.82) is 0 Å². The maximum atomic E-state index is 11.8. The minimum absolute atomic E-state index is 0.0980. The van der Waals surface area contributed by atoms with Crippen LogP contribution in [0.1, 0.15) is 10.4 Å². The molecule has 0 fully saturated rings. The lowest BCUT2D eigenvalue weighted by molar-refractivity contribution is 0.100. The van der Waals surface area contributed by atoms with E-state index in [9.17, 15) is 9.59 Å². The first kappa shape index (κ1) is 12.2. The number of carbonyl (C=O) groups is 1. The molecule has 0 aliphatic heterocycles. The predicted molar refractivity (Wildman–Crippen MR) is 76.4 cm³/mol. The molecule has 0 atom stereocenters. The van der Waals surface area contributed by atoms with Crippen molar-refractivity contribution in [3.8, 4) is 11.1 Å². The smallest absolute Gasteiger partial charge is 0.248 e. The normalized spacial score (nSPS) is 10.6. The maximum absolute atomic E-state index is 11.8. The second-order valence-electron chi connectivity index (χ2n) is 4.44. The third kappa shape index (κ3) is 2.07. The number of hydrogen-bond acceptors (Lipinski definition) is 3. The molecule has 4 nitrogen and oxygen atoms in total. The molecule has 3 aromatic rings. The summed E-state index contributed by atoms with van der Waals surface area (Å²) in [6.45, 7) is 0. The zero-order valence-corrected chi connectivity index (χ0v) is 10.5. The van der Waals surface area contributed by atoms with Gasteiger partial charge in [0.15, 0.2) is 5.43 Å². The van der Waals surface area contributed by atoms with Crippen LogP contribution in [0.25, 0.3) is 22.1 Å². The second kappa shape index (κ2) is 4.66. The molecule has 3 rings (SSSR count). The van der Waals surface area contributed by atoms with Gasteiger partial charge in [0.05, 0.1) is 11.6 Å². The van der Waals surface area contributed by atoms with Crippen LogP contribution in [0.3, 0.4) is 0 Å². The van der Waals surface area contributed by atoms with Gasteiger partial charge in [-0.05, 0) is 35.4 Å². The molecule has 2 aromatic carbocycles. The van der Waals surface area contributed by atoms with Gasteiger partial charge in [-0.2, -0.15) is 0 Å². The lowest BCUT2D eigenvalue weighted by Gasteiger charge is -2.04. The van der Waals surface area contributed by atoms with E-state index in [4.69, 9.17) is 10.2 Å². The summed E-state index contributed by atoms with van der Waals surface area (Å²) in [5.41, 5.74) is 7.80. The molecular formula is C16H11NO3. The number of hydrogen-bond donors (Lipinski definition) is 1. The summed E-state index contributed by atoms with van der Waals surface area (Å²) in [5, 5.41) is 0.509. The van der Waals surface area contributed by atoms with E-state index in [-0.39, 0.29) is 5.43 Å². The van der Waals surface area contributed by atoms with Crippen molar-refractivity contribution in [1.82, 2.24) is 0 Å². The molecule has 0 unspecified atom stereocenters. The Morgan fingerprint density at radius 3 is 2.60 bits per heavy atom. The molecule has 4 heteroatoms. The minimum Gasteiger partial charge on any atom is -0.464 e. The largest absolute Gasteiger partial charge is 0.464 e. The van der Waals surface area contributed by atoms with Crippen LogP contribution in [0.15, 0.2) is 64.0 Å². The molecular weight excluding hydrogens is 254 g/mol. The fourth-order valence-corrected chi connectivity index (χ4v) is 2.12. The Balaban J connectivity index is 2.20. The Hall–Kier alpha value is -2.88. The van der Waals surface area contributed by atoms with Crippen molar-refractivity contribution in [2.45, 2.75) is 0 Å². The lowest BCUT2D eigenvalue weighted by Crippen LogP contribution is -2.10. The lowest BCUT2D eigenvalue weighted by atomic mass is 10.0. The van der Waals surface area contributed by atoms with Gasteiger partial charge in [0.1, 0.15) is 5.58 Å². The number of primary amides is 1. The van der Waals surface area contributed by atoms with E-state index in [0.29, 0.717) is 16.5 Å². The van der Waals surface area contributed by atoms with E-state index in [1.807, 2.05) is 12.1 Å². The van der Waals surface area contributed by atoms with E-state index < -0.39 is 5.91 Å². The molecule has 1 aromatic heterocycles. The highest BCUT2D eigenvalue weighted by Gasteiger charge is 2.06. The van der Waals surface area contributed by atoms with E-state index in [2.05, 4.69) is 0 Å². The summed E-state index contributed by atoms with van der Waals surface area (Å²) in [4.78, 5) is 23.0. The number of benzene rings is 2. The monoisotopic (exact) mass is 265 g/mol. The molecule has 0 saturated carbocycles. The van der Waals surface area contributed by atoms with E-state index in [1.54, 1.807) is 30.3 Å². The Labute approximate surface area is 114 Å². The predicted octanol–water partition coefficient (Wildman–Crippen LogP) is 2.56. The number of amides is 1. The van der Waals surface area contributed by atoms with Gasteiger partial charge in [0.25, 0.3) is 0 Å². The van der Waals surface area contributed by atoms with Crippen molar-refractivity contribution in [3.05, 3.63) is 70.6 Å². The Morgan fingerprint density at radius 1 is 1.00 bits per heavy atom. The molecule has 1 amide bonds. The van der Waals surface area contributed by atoms with Crippen molar-refractivity contribution in [2.24, 2.45) is 5.73 Å². The molecule has 0 bridgehead atoms. The van der Waals surface area contributed by atoms with Crippen LogP contribution in [0.2, 0.25) is 0 Å². The van der Waals surface area contributed by atoms with Crippen LogP contribution in [-0.2, 0) is 0 Å². The first-order valence-electron chi connectivity index (χ1n) is 6.07. The first-order valence-corrected chi connectivity index (χ1v) is 6.07. The van der Waals surface area contributed by atoms with E-state index in [1.165, 1.54) is 12.3 Å². The summed E-state index contributed by atoms with van der Waals surface area (Å²) in [6, 6.07) is 13.7. The number of fused-ring (bicyclic) bond motifs is 1. The third-order valence-electron chi connectivity index (χ3n) is 3.14. The molecule has 0 aliphatic rings. The highest BCUT2D eigenvalue weighted by Crippen LogP contribution is 2.23. The van der Waals surface area contributed by atoms with Crippen LogP contribution in [0, 0.1) is 0 Å². The van der Waals surface area contributed by atoms with Gasteiger partial charge in [-0.1, -0.05) is 18.2 Å². The van der Waals surface area contributed by atoms with Gasteiger partial charge in [-0.3, -0.25) is 9.59 Å². The average molecular weight is 265 g/mol. The van der Waals surface area contributed by atoms with Crippen LogP contribution in [-0.4, -0.2) is 5.91 Å². The third-order valence-corrected chi connectivity index (χ3v) is 3.14. The molecule has 20 heavy (non-hydrogen) atoms. The van der Waals surface area contributed by atoms with Crippen molar-refractivity contribution in [2.75, 3.05) is 0 Å². The molecule has 98 valence electrons. The Bertz CT molecular complexity index is 865. The standard InChI is InChI=1S/C16H11NO3/c17-16(19)12-3-1-2-10(8-12)11-4-5-15-13(9-11)14(18)6-7-20-15/h1-9H,(H2,17,19).